The first kappa shape index (κ1) is 13.3. The molecule has 0 fully saturated rings. The fourth-order valence-corrected chi connectivity index (χ4v) is 4.22. The van der Waals surface area contributed by atoms with E-state index < -0.39 is 8.48 Å². The van der Waals surface area contributed by atoms with Crippen LogP contribution in [0, 0.1) is 6.92 Å². The molecule has 1 rings (SSSR count). The van der Waals surface area contributed by atoms with Crippen molar-refractivity contribution in [3.63, 3.8) is 0 Å². The lowest BCUT2D eigenvalue weighted by Crippen LogP contribution is -2.46. The maximum Gasteiger partial charge on any atom is 0.292 e. The van der Waals surface area contributed by atoms with Crippen LogP contribution in [0.2, 0.25) is 13.1 Å². The third-order valence-electron chi connectivity index (χ3n) is 2.06. The first-order chi connectivity index (χ1) is 7.18. The van der Waals surface area contributed by atoms with Crippen molar-refractivity contribution in [1.29, 1.82) is 0 Å². The average molecular weight is 237 g/mol. The van der Waals surface area contributed by atoms with Gasteiger partial charge < -0.3 is 9.41 Å². The Morgan fingerprint density at radius 3 is 2.00 bits per heavy atom. The van der Waals surface area contributed by atoms with Crippen molar-refractivity contribution in [2.24, 2.45) is 0 Å². The van der Waals surface area contributed by atoms with Crippen LogP contribution in [0.15, 0.2) is 24.3 Å². The van der Waals surface area contributed by atoms with Gasteiger partial charge in [0.05, 0.1) is 0 Å². The molecule has 3 heteroatoms. The number of anilines is 1. The summed E-state index contributed by atoms with van der Waals surface area (Å²) >= 11 is 0. The molecule has 0 aliphatic heterocycles. The summed E-state index contributed by atoms with van der Waals surface area (Å²) < 4.78 is 6.09. The largest absolute Gasteiger partial charge is 0.394 e. The number of hydrogen-bond acceptors (Lipinski definition) is 2. The van der Waals surface area contributed by atoms with Gasteiger partial charge in [0.2, 0.25) is 0 Å². The lowest BCUT2D eigenvalue weighted by molar-refractivity contribution is 0.122. The molecule has 0 heterocycles. The molecule has 0 saturated heterocycles. The van der Waals surface area contributed by atoms with Crippen LogP contribution < -0.4 is 4.98 Å². The summed E-state index contributed by atoms with van der Waals surface area (Å²) in [5.41, 5.74) is 2.33. The van der Waals surface area contributed by atoms with E-state index >= 15 is 0 Å². The van der Waals surface area contributed by atoms with Gasteiger partial charge in [-0.3, -0.25) is 0 Å². The van der Waals surface area contributed by atoms with Gasteiger partial charge in [0.25, 0.3) is 8.48 Å². The Morgan fingerprint density at radius 2 is 1.56 bits per heavy atom. The molecule has 90 valence electrons. The van der Waals surface area contributed by atoms with Crippen LogP contribution in [0.5, 0.6) is 0 Å². The van der Waals surface area contributed by atoms with Gasteiger partial charge in [-0.25, -0.2) is 0 Å². The molecular formula is C13H23NOSi. The third-order valence-corrected chi connectivity index (χ3v) is 4.07. The summed E-state index contributed by atoms with van der Waals surface area (Å²) in [5.74, 6) is 0. The molecule has 0 amide bonds. The molecule has 0 aliphatic carbocycles. The van der Waals surface area contributed by atoms with Crippen molar-refractivity contribution < 1.29 is 4.43 Å². The predicted octanol–water partition coefficient (Wildman–Crippen LogP) is 3.92. The molecule has 0 unspecified atom stereocenters. The highest BCUT2D eigenvalue weighted by molar-refractivity contribution is 6.74. The van der Waals surface area contributed by atoms with E-state index in [4.69, 9.17) is 4.43 Å². The number of rotatable bonds is 3. The molecule has 1 aromatic rings. The molecule has 1 N–H and O–H groups in total. The first-order valence-corrected chi connectivity index (χ1v) is 8.64. The Hall–Kier alpha value is -0.803. The zero-order valence-electron chi connectivity index (χ0n) is 11.2. The van der Waals surface area contributed by atoms with Crippen LogP contribution in [0.1, 0.15) is 26.3 Å². The molecule has 0 aromatic heterocycles. The number of nitrogens with one attached hydrogen (secondary N) is 1. The average Bonchev–Trinajstić information content (AvgIpc) is 2.04. The van der Waals surface area contributed by atoms with Crippen molar-refractivity contribution in [1.82, 2.24) is 0 Å². The lowest BCUT2D eigenvalue weighted by Gasteiger charge is -2.33. The molecule has 0 spiro atoms. The van der Waals surface area contributed by atoms with Crippen LogP contribution in [-0.4, -0.2) is 14.1 Å². The maximum atomic E-state index is 6.09. The van der Waals surface area contributed by atoms with Gasteiger partial charge in [0, 0.05) is 11.3 Å². The highest BCUT2D eigenvalue weighted by Gasteiger charge is 2.28. The molecule has 0 radical (unpaired) electrons. The van der Waals surface area contributed by atoms with Gasteiger partial charge in [0.1, 0.15) is 0 Å². The molecule has 16 heavy (non-hydrogen) atoms. The first-order valence-electron chi connectivity index (χ1n) is 5.73. The molecule has 1 aromatic carbocycles. The summed E-state index contributed by atoms with van der Waals surface area (Å²) in [6.45, 7) is 12.7. The Kier molecular flexibility index (Phi) is 3.81. The monoisotopic (exact) mass is 237 g/mol. The van der Waals surface area contributed by atoms with Crippen molar-refractivity contribution in [2.45, 2.75) is 46.4 Å². The van der Waals surface area contributed by atoms with Crippen molar-refractivity contribution in [3.05, 3.63) is 29.8 Å². The van der Waals surface area contributed by atoms with E-state index in [-0.39, 0.29) is 5.60 Å². The van der Waals surface area contributed by atoms with Crippen molar-refractivity contribution in [2.75, 3.05) is 4.98 Å². The van der Waals surface area contributed by atoms with Gasteiger partial charge in [-0.05, 0) is 52.9 Å². The molecule has 0 atom stereocenters. The fraction of sp³-hybridized carbons (Fsp3) is 0.538. The SMILES string of the molecule is Cc1ccc(N[Si](C)(C)OC(C)(C)C)cc1. The van der Waals surface area contributed by atoms with Crippen molar-refractivity contribution in [3.8, 4) is 0 Å². The number of benzene rings is 1. The quantitative estimate of drug-likeness (QED) is 0.804. The lowest BCUT2D eigenvalue weighted by atomic mass is 10.2. The van der Waals surface area contributed by atoms with Gasteiger partial charge in [-0.1, -0.05) is 17.7 Å². The van der Waals surface area contributed by atoms with E-state index in [9.17, 15) is 0 Å². The zero-order chi connectivity index (χ0) is 12.4. The topological polar surface area (TPSA) is 21.3 Å². The Balaban J connectivity index is 2.69. The second-order valence-corrected chi connectivity index (χ2v) is 9.19. The predicted molar refractivity (Wildman–Crippen MR) is 73.1 cm³/mol. The molecular weight excluding hydrogens is 214 g/mol. The van der Waals surface area contributed by atoms with Crippen LogP contribution >= 0.6 is 0 Å². The zero-order valence-corrected chi connectivity index (χ0v) is 12.2. The van der Waals surface area contributed by atoms with Gasteiger partial charge >= 0.3 is 0 Å². The molecule has 0 saturated carbocycles. The van der Waals surface area contributed by atoms with Crippen molar-refractivity contribution >= 4 is 14.2 Å². The number of hydrogen-bond donors (Lipinski definition) is 1. The second-order valence-electron chi connectivity index (χ2n) is 5.72. The standard InChI is InChI=1S/C13H23NOSi/c1-11-7-9-12(10-8-11)14-16(5,6)15-13(2,3)4/h7-10,14H,1-6H3. The maximum absolute atomic E-state index is 6.09. The van der Waals surface area contributed by atoms with E-state index in [2.05, 4.69) is 70.0 Å². The highest BCUT2D eigenvalue weighted by Crippen LogP contribution is 2.19. The molecule has 0 aliphatic rings. The van der Waals surface area contributed by atoms with Gasteiger partial charge in [-0.15, -0.1) is 0 Å². The summed E-state index contributed by atoms with van der Waals surface area (Å²) in [6.07, 6.45) is 0. The van der Waals surface area contributed by atoms with Crippen LogP contribution in [0.25, 0.3) is 0 Å². The highest BCUT2D eigenvalue weighted by atomic mass is 28.4. The summed E-state index contributed by atoms with van der Waals surface area (Å²) in [5, 5.41) is 0. The third kappa shape index (κ3) is 4.81. The van der Waals surface area contributed by atoms with Crippen LogP contribution in [0.4, 0.5) is 5.69 Å². The number of aryl methyl sites for hydroxylation is 1. The fourth-order valence-electron chi connectivity index (χ4n) is 1.78. The molecule has 0 bridgehead atoms. The Morgan fingerprint density at radius 1 is 1.06 bits per heavy atom. The Bertz CT molecular complexity index is 338. The second kappa shape index (κ2) is 4.59. The van der Waals surface area contributed by atoms with Crippen LogP contribution in [-0.2, 0) is 4.43 Å². The van der Waals surface area contributed by atoms with Gasteiger partial charge in [-0.2, -0.15) is 0 Å². The minimum absolute atomic E-state index is 0.0899. The smallest absolute Gasteiger partial charge is 0.292 e. The van der Waals surface area contributed by atoms with Crippen LogP contribution in [0.3, 0.4) is 0 Å². The van der Waals surface area contributed by atoms with E-state index in [1.54, 1.807) is 0 Å². The summed E-state index contributed by atoms with van der Waals surface area (Å²) in [7, 11) is -1.85. The minimum atomic E-state index is -1.85. The summed E-state index contributed by atoms with van der Waals surface area (Å²) in [6, 6.07) is 8.44. The Labute approximate surface area is 100 Å². The van der Waals surface area contributed by atoms with E-state index in [1.165, 1.54) is 5.56 Å². The van der Waals surface area contributed by atoms with E-state index in [0.717, 1.165) is 5.69 Å². The minimum Gasteiger partial charge on any atom is -0.394 e. The molecule has 2 nitrogen and oxygen atoms in total. The summed E-state index contributed by atoms with van der Waals surface area (Å²) in [4.78, 5) is 3.52. The van der Waals surface area contributed by atoms with E-state index in [0.29, 0.717) is 0 Å². The normalized spacial score (nSPS) is 12.6. The van der Waals surface area contributed by atoms with Gasteiger partial charge in [0.15, 0.2) is 0 Å². The van der Waals surface area contributed by atoms with E-state index in [1.807, 2.05) is 0 Å².